The number of nitrogens with zero attached hydrogens (tertiary/aromatic N) is 2. The number of aromatic nitrogens is 3. The summed E-state index contributed by atoms with van der Waals surface area (Å²) in [6.45, 7) is 4.24. The number of pyridine rings is 1. The van der Waals surface area contributed by atoms with Gasteiger partial charge in [0.25, 0.3) is 5.56 Å². The van der Waals surface area contributed by atoms with E-state index in [0.29, 0.717) is 23.3 Å². The number of aryl methyl sites for hydroxylation is 3. The molecule has 0 fully saturated rings. The van der Waals surface area contributed by atoms with E-state index in [-0.39, 0.29) is 17.9 Å². The molecular weight excluding hydrogens is 276 g/mol. The Kier molecular flexibility index (Phi) is 4.17. The van der Waals surface area contributed by atoms with Crippen molar-refractivity contribution in [2.45, 2.75) is 20.3 Å². The molecule has 0 radical (unpaired) electrons. The zero-order valence-corrected chi connectivity index (χ0v) is 12.7. The van der Waals surface area contributed by atoms with Crippen LogP contribution in [0.5, 0.6) is 0 Å². The highest BCUT2D eigenvalue weighted by Gasteiger charge is 2.17. The molecule has 2 N–H and O–H groups in total. The van der Waals surface area contributed by atoms with E-state index in [2.05, 4.69) is 28.0 Å². The van der Waals surface area contributed by atoms with Crippen LogP contribution in [0.15, 0.2) is 4.79 Å². The molecule has 108 valence electrons. The summed E-state index contributed by atoms with van der Waals surface area (Å²) in [5.41, 5.74) is 2.83. The molecule has 1 amide bonds. The van der Waals surface area contributed by atoms with Crippen molar-refractivity contribution >= 4 is 29.6 Å². The number of nitrogens with one attached hydrogen (secondary N) is 2. The molecule has 6 nitrogen and oxygen atoms in total. The predicted octanol–water partition coefficient (Wildman–Crippen LogP) is 0.467. The Morgan fingerprint density at radius 3 is 2.80 bits per heavy atom. The minimum Gasteiger partial charge on any atom is -0.355 e. The maximum Gasteiger partial charge on any atom is 0.273 e. The first kappa shape index (κ1) is 14.6. The van der Waals surface area contributed by atoms with Gasteiger partial charge in [-0.25, -0.2) is 4.98 Å². The third kappa shape index (κ3) is 2.58. The highest BCUT2D eigenvalue weighted by atomic mass is 32.1. The van der Waals surface area contributed by atoms with E-state index < -0.39 is 0 Å². The van der Waals surface area contributed by atoms with Gasteiger partial charge in [0.2, 0.25) is 5.91 Å². The molecule has 0 aliphatic heterocycles. The summed E-state index contributed by atoms with van der Waals surface area (Å²) in [5.74, 6) is 0.512. The molecule has 7 heteroatoms. The number of fused-ring (bicyclic) bond motifs is 1. The van der Waals surface area contributed by atoms with Gasteiger partial charge in [0.15, 0.2) is 5.65 Å². The van der Waals surface area contributed by atoms with Crippen LogP contribution in [-0.4, -0.2) is 33.0 Å². The van der Waals surface area contributed by atoms with Crippen LogP contribution in [0.1, 0.15) is 16.8 Å². The monoisotopic (exact) mass is 294 g/mol. The van der Waals surface area contributed by atoms with Gasteiger partial charge in [0.1, 0.15) is 0 Å². The molecule has 20 heavy (non-hydrogen) atoms. The van der Waals surface area contributed by atoms with E-state index in [0.717, 1.165) is 16.8 Å². The van der Waals surface area contributed by atoms with Crippen LogP contribution in [-0.2, 0) is 18.3 Å². The van der Waals surface area contributed by atoms with Crippen molar-refractivity contribution in [2.75, 3.05) is 12.3 Å². The van der Waals surface area contributed by atoms with E-state index >= 15 is 0 Å². The largest absolute Gasteiger partial charge is 0.355 e. The second kappa shape index (κ2) is 5.70. The molecule has 0 aliphatic carbocycles. The topological polar surface area (TPSA) is 79.8 Å². The lowest BCUT2D eigenvalue weighted by Gasteiger charge is -2.10. The fraction of sp³-hybridized carbons (Fsp3) is 0.462. The Labute approximate surface area is 122 Å². The molecule has 2 heterocycles. The van der Waals surface area contributed by atoms with Gasteiger partial charge in [-0.3, -0.25) is 19.4 Å². The molecule has 2 aromatic heterocycles. The Morgan fingerprint density at radius 2 is 2.15 bits per heavy atom. The maximum atomic E-state index is 11.9. The van der Waals surface area contributed by atoms with Gasteiger partial charge in [0, 0.05) is 25.0 Å². The summed E-state index contributed by atoms with van der Waals surface area (Å²) in [5, 5.41) is 6.01. The van der Waals surface area contributed by atoms with E-state index in [9.17, 15) is 9.59 Å². The summed E-state index contributed by atoms with van der Waals surface area (Å²) >= 11 is 4.05. The fourth-order valence-electron chi connectivity index (χ4n) is 2.33. The molecule has 0 unspecified atom stereocenters. The Balaban J connectivity index is 2.46. The van der Waals surface area contributed by atoms with Crippen LogP contribution < -0.4 is 10.9 Å². The van der Waals surface area contributed by atoms with E-state index in [1.165, 1.54) is 0 Å². The molecule has 2 aromatic rings. The lowest BCUT2D eigenvalue weighted by molar-refractivity contribution is -0.120. The van der Waals surface area contributed by atoms with E-state index in [1.807, 2.05) is 13.8 Å². The fourth-order valence-corrected chi connectivity index (χ4v) is 2.44. The van der Waals surface area contributed by atoms with Crippen LogP contribution in [0, 0.1) is 13.8 Å². The standard InChI is InChI=1S/C13H18N4O2S/c1-7-9(6-10(18)14-4-5-20)8(2)15-12-11(7)13(19)16-17(12)3/h20H,4-6H2,1-3H3,(H,14,18)(H,16,19). The smallest absolute Gasteiger partial charge is 0.273 e. The first-order valence-electron chi connectivity index (χ1n) is 6.38. The zero-order valence-electron chi connectivity index (χ0n) is 11.8. The van der Waals surface area contributed by atoms with Gasteiger partial charge in [-0.2, -0.15) is 12.6 Å². The van der Waals surface area contributed by atoms with Crippen LogP contribution in [0.4, 0.5) is 0 Å². The summed E-state index contributed by atoms with van der Waals surface area (Å²) in [6.07, 6.45) is 0.225. The number of carbonyl (C=O) groups is 1. The lowest BCUT2D eigenvalue weighted by atomic mass is 10.0. The number of amides is 1. The summed E-state index contributed by atoms with van der Waals surface area (Å²) in [4.78, 5) is 28.2. The Morgan fingerprint density at radius 1 is 1.45 bits per heavy atom. The van der Waals surface area contributed by atoms with Crippen molar-refractivity contribution in [1.29, 1.82) is 0 Å². The SMILES string of the molecule is Cc1nc2c(c(C)c1CC(=O)NCCS)c(=O)[nH]n2C. The number of rotatable bonds is 4. The Hall–Kier alpha value is -1.76. The lowest BCUT2D eigenvalue weighted by Crippen LogP contribution is -2.27. The third-order valence-electron chi connectivity index (χ3n) is 3.35. The minimum absolute atomic E-state index is 0.0845. The number of aromatic amines is 1. The van der Waals surface area contributed by atoms with Crippen LogP contribution in [0.2, 0.25) is 0 Å². The van der Waals surface area contributed by atoms with E-state index in [4.69, 9.17) is 0 Å². The third-order valence-corrected chi connectivity index (χ3v) is 3.57. The van der Waals surface area contributed by atoms with Gasteiger partial charge < -0.3 is 5.32 Å². The molecule has 0 aromatic carbocycles. The molecule has 0 saturated heterocycles. The van der Waals surface area contributed by atoms with Crippen molar-refractivity contribution in [3.05, 3.63) is 27.2 Å². The van der Waals surface area contributed by atoms with Crippen LogP contribution in [0.25, 0.3) is 11.0 Å². The molecular formula is C13H18N4O2S. The molecule has 0 atom stereocenters. The van der Waals surface area contributed by atoms with Crippen molar-refractivity contribution in [1.82, 2.24) is 20.1 Å². The molecule has 0 saturated carbocycles. The van der Waals surface area contributed by atoms with Gasteiger partial charge in [-0.15, -0.1) is 0 Å². The second-order valence-electron chi connectivity index (χ2n) is 4.75. The van der Waals surface area contributed by atoms with Gasteiger partial charge in [-0.1, -0.05) is 0 Å². The summed E-state index contributed by atoms with van der Waals surface area (Å²) < 4.78 is 1.60. The number of carbonyl (C=O) groups excluding carboxylic acids is 1. The maximum absolute atomic E-state index is 11.9. The van der Waals surface area contributed by atoms with E-state index in [1.54, 1.807) is 11.7 Å². The van der Waals surface area contributed by atoms with Crippen molar-refractivity contribution in [3.8, 4) is 0 Å². The molecule has 0 spiro atoms. The Bertz CT molecular complexity index is 717. The average Bonchev–Trinajstić information content (AvgIpc) is 2.67. The highest BCUT2D eigenvalue weighted by Crippen LogP contribution is 2.20. The molecule has 0 bridgehead atoms. The first-order valence-corrected chi connectivity index (χ1v) is 7.01. The first-order chi connectivity index (χ1) is 9.45. The van der Waals surface area contributed by atoms with Crippen molar-refractivity contribution < 1.29 is 4.79 Å². The quantitative estimate of drug-likeness (QED) is 0.717. The van der Waals surface area contributed by atoms with Gasteiger partial charge in [0.05, 0.1) is 11.8 Å². The van der Waals surface area contributed by atoms with Crippen molar-refractivity contribution in [3.63, 3.8) is 0 Å². The number of hydrogen-bond donors (Lipinski definition) is 3. The van der Waals surface area contributed by atoms with Crippen LogP contribution >= 0.6 is 12.6 Å². The summed E-state index contributed by atoms with van der Waals surface area (Å²) in [6, 6.07) is 0. The normalized spacial score (nSPS) is 11.0. The number of thiol groups is 1. The predicted molar refractivity (Wildman–Crippen MR) is 81.4 cm³/mol. The van der Waals surface area contributed by atoms with Crippen LogP contribution in [0.3, 0.4) is 0 Å². The molecule has 2 rings (SSSR count). The zero-order chi connectivity index (χ0) is 14.9. The van der Waals surface area contributed by atoms with Gasteiger partial charge in [-0.05, 0) is 25.0 Å². The number of hydrogen-bond acceptors (Lipinski definition) is 4. The second-order valence-corrected chi connectivity index (χ2v) is 5.20. The average molecular weight is 294 g/mol. The highest BCUT2D eigenvalue weighted by molar-refractivity contribution is 7.80. The molecule has 0 aliphatic rings. The van der Waals surface area contributed by atoms with Gasteiger partial charge >= 0.3 is 0 Å². The minimum atomic E-state index is -0.176. The van der Waals surface area contributed by atoms with Crippen molar-refractivity contribution in [2.24, 2.45) is 7.05 Å². The summed E-state index contributed by atoms with van der Waals surface area (Å²) in [7, 11) is 1.74. The number of H-pyrrole nitrogens is 1.